The van der Waals surface area contributed by atoms with Crippen LogP contribution in [0.3, 0.4) is 0 Å². The van der Waals surface area contributed by atoms with E-state index in [0.717, 1.165) is 24.1 Å². The summed E-state index contributed by atoms with van der Waals surface area (Å²) in [5, 5.41) is 4.96. The number of hydrogen-bond acceptors (Lipinski definition) is 4. The van der Waals surface area contributed by atoms with E-state index in [1.165, 1.54) is 0 Å². The lowest BCUT2D eigenvalue weighted by Crippen LogP contribution is -2.31. The molecule has 0 aromatic carbocycles. The van der Waals surface area contributed by atoms with E-state index in [-0.39, 0.29) is 11.9 Å². The molecule has 0 aliphatic carbocycles. The normalized spacial score (nSPS) is 18.0. The van der Waals surface area contributed by atoms with Crippen molar-refractivity contribution in [2.75, 3.05) is 6.54 Å². The summed E-state index contributed by atoms with van der Waals surface area (Å²) < 4.78 is 1.65. The van der Waals surface area contributed by atoms with Gasteiger partial charge in [0.2, 0.25) is 0 Å². The number of hydrogen-bond donors (Lipinski definition) is 0. The molecule has 1 saturated heterocycles. The standard InChI is InChI=1S/C15H18ClN5O/c1-9-13(14(16)20(3)19-9)12-5-4-8-21(12)15(22)11-6-7-17-10(2)18-11/h6-7,12H,4-5,8H2,1-3H3/t12-/m0/s1. The average Bonchev–Trinajstić information content (AvgIpc) is 3.04. The van der Waals surface area contributed by atoms with Crippen LogP contribution in [0.2, 0.25) is 5.15 Å². The number of carbonyl (C=O) groups excluding carboxylic acids is 1. The van der Waals surface area contributed by atoms with Crippen molar-refractivity contribution in [3.63, 3.8) is 0 Å². The zero-order valence-corrected chi connectivity index (χ0v) is 13.6. The fourth-order valence-electron chi connectivity index (χ4n) is 3.06. The number of halogens is 1. The van der Waals surface area contributed by atoms with Gasteiger partial charge in [-0.05, 0) is 32.8 Å². The van der Waals surface area contributed by atoms with Gasteiger partial charge in [-0.15, -0.1) is 0 Å². The van der Waals surface area contributed by atoms with Gasteiger partial charge in [-0.3, -0.25) is 9.48 Å². The van der Waals surface area contributed by atoms with Crippen molar-refractivity contribution in [3.8, 4) is 0 Å². The molecule has 7 heteroatoms. The Kier molecular flexibility index (Phi) is 3.87. The quantitative estimate of drug-likeness (QED) is 0.853. The van der Waals surface area contributed by atoms with Gasteiger partial charge in [0.1, 0.15) is 16.7 Å². The third-order valence-corrected chi connectivity index (χ3v) is 4.49. The molecule has 2 aromatic heterocycles. The predicted octanol–water partition coefficient (Wildman–Crippen LogP) is 2.46. The van der Waals surface area contributed by atoms with E-state index in [1.54, 1.807) is 23.9 Å². The molecule has 3 heterocycles. The Hall–Kier alpha value is -1.95. The van der Waals surface area contributed by atoms with Gasteiger partial charge in [0.25, 0.3) is 5.91 Å². The second kappa shape index (κ2) is 5.68. The van der Waals surface area contributed by atoms with E-state index in [9.17, 15) is 4.79 Å². The number of nitrogens with zero attached hydrogens (tertiary/aromatic N) is 5. The Bertz CT molecular complexity index is 727. The SMILES string of the molecule is Cc1nccc(C(=O)N2CCC[C@H]2c2c(C)nn(C)c2Cl)n1. The maximum atomic E-state index is 12.8. The topological polar surface area (TPSA) is 63.9 Å². The molecule has 0 unspecified atom stereocenters. The summed E-state index contributed by atoms with van der Waals surface area (Å²) in [5.41, 5.74) is 2.24. The first kappa shape index (κ1) is 15.0. The number of amides is 1. The fourth-order valence-corrected chi connectivity index (χ4v) is 3.36. The summed E-state index contributed by atoms with van der Waals surface area (Å²) in [6.45, 7) is 4.41. The summed E-state index contributed by atoms with van der Waals surface area (Å²) in [6, 6.07) is 1.62. The van der Waals surface area contributed by atoms with Gasteiger partial charge in [0.15, 0.2) is 0 Å². The molecule has 116 valence electrons. The Labute approximate surface area is 134 Å². The highest BCUT2D eigenvalue weighted by Crippen LogP contribution is 2.38. The zero-order valence-electron chi connectivity index (χ0n) is 12.9. The Morgan fingerprint density at radius 1 is 1.41 bits per heavy atom. The Morgan fingerprint density at radius 3 is 2.82 bits per heavy atom. The molecule has 1 atom stereocenters. The Morgan fingerprint density at radius 2 is 2.18 bits per heavy atom. The van der Waals surface area contributed by atoms with Gasteiger partial charge >= 0.3 is 0 Å². The molecule has 0 radical (unpaired) electrons. The molecule has 1 aliphatic heterocycles. The van der Waals surface area contributed by atoms with Crippen LogP contribution in [0.4, 0.5) is 0 Å². The van der Waals surface area contributed by atoms with Crippen LogP contribution in [-0.4, -0.2) is 37.1 Å². The maximum Gasteiger partial charge on any atom is 0.273 e. The largest absolute Gasteiger partial charge is 0.330 e. The molecule has 1 amide bonds. The van der Waals surface area contributed by atoms with Gasteiger partial charge in [-0.2, -0.15) is 5.10 Å². The van der Waals surface area contributed by atoms with E-state index in [2.05, 4.69) is 15.1 Å². The number of likely N-dealkylation sites (tertiary alicyclic amines) is 1. The molecule has 1 fully saturated rings. The molecular weight excluding hydrogens is 302 g/mol. The summed E-state index contributed by atoms with van der Waals surface area (Å²) >= 11 is 6.37. The molecule has 6 nitrogen and oxygen atoms in total. The monoisotopic (exact) mass is 319 g/mol. The van der Waals surface area contributed by atoms with E-state index in [0.29, 0.717) is 23.2 Å². The van der Waals surface area contributed by atoms with Crippen LogP contribution in [0.25, 0.3) is 0 Å². The van der Waals surface area contributed by atoms with Gasteiger partial charge in [-0.1, -0.05) is 11.6 Å². The second-order valence-corrected chi connectivity index (χ2v) is 5.92. The molecule has 0 spiro atoms. The van der Waals surface area contributed by atoms with Crippen LogP contribution in [0.1, 0.15) is 46.5 Å². The van der Waals surface area contributed by atoms with Crippen LogP contribution in [0.15, 0.2) is 12.3 Å². The second-order valence-electron chi connectivity index (χ2n) is 5.56. The molecule has 1 aliphatic rings. The first-order valence-corrected chi connectivity index (χ1v) is 7.66. The van der Waals surface area contributed by atoms with E-state index in [1.807, 2.05) is 18.9 Å². The zero-order chi connectivity index (χ0) is 15.9. The van der Waals surface area contributed by atoms with Crippen molar-refractivity contribution in [1.82, 2.24) is 24.6 Å². The number of rotatable bonds is 2. The molecular formula is C15H18ClN5O. The molecule has 0 N–H and O–H groups in total. The highest BCUT2D eigenvalue weighted by atomic mass is 35.5. The molecule has 0 bridgehead atoms. The lowest BCUT2D eigenvalue weighted by Gasteiger charge is -2.24. The van der Waals surface area contributed by atoms with Gasteiger partial charge in [-0.25, -0.2) is 9.97 Å². The van der Waals surface area contributed by atoms with Gasteiger partial charge < -0.3 is 4.90 Å². The summed E-state index contributed by atoms with van der Waals surface area (Å²) in [6.07, 6.45) is 3.45. The minimum Gasteiger partial charge on any atom is -0.330 e. The fraction of sp³-hybridized carbons (Fsp3) is 0.467. The minimum absolute atomic E-state index is 0.0380. The van der Waals surface area contributed by atoms with E-state index >= 15 is 0 Å². The number of aryl methyl sites for hydroxylation is 3. The highest BCUT2D eigenvalue weighted by Gasteiger charge is 2.35. The first-order chi connectivity index (χ1) is 10.5. The van der Waals surface area contributed by atoms with Crippen molar-refractivity contribution in [1.29, 1.82) is 0 Å². The van der Waals surface area contributed by atoms with Crippen molar-refractivity contribution in [2.45, 2.75) is 32.7 Å². The van der Waals surface area contributed by atoms with Crippen molar-refractivity contribution < 1.29 is 4.79 Å². The molecule has 2 aromatic rings. The van der Waals surface area contributed by atoms with Crippen LogP contribution < -0.4 is 0 Å². The van der Waals surface area contributed by atoms with E-state index in [4.69, 9.17) is 11.6 Å². The number of aromatic nitrogens is 4. The summed E-state index contributed by atoms with van der Waals surface area (Å²) in [7, 11) is 1.81. The van der Waals surface area contributed by atoms with Crippen LogP contribution >= 0.6 is 11.6 Å². The van der Waals surface area contributed by atoms with Gasteiger partial charge in [0, 0.05) is 25.4 Å². The number of carbonyl (C=O) groups is 1. The van der Waals surface area contributed by atoms with Crippen molar-refractivity contribution in [3.05, 3.63) is 40.2 Å². The lowest BCUT2D eigenvalue weighted by molar-refractivity contribution is 0.0729. The minimum atomic E-state index is -0.0766. The summed E-state index contributed by atoms with van der Waals surface area (Å²) in [4.78, 5) is 22.9. The van der Waals surface area contributed by atoms with Crippen molar-refractivity contribution in [2.24, 2.45) is 7.05 Å². The Balaban J connectivity index is 1.95. The van der Waals surface area contributed by atoms with Gasteiger partial charge in [0.05, 0.1) is 11.7 Å². The molecule has 0 saturated carbocycles. The smallest absolute Gasteiger partial charge is 0.273 e. The average molecular weight is 320 g/mol. The molecule has 22 heavy (non-hydrogen) atoms. The predicted molar refractivity (Wildman–Crippen MR) is 82.7 cm³/mol. The third kappa shape index (κ3) is 2.47. The van der Waals surface area contributed by atoms with E-state index < -0.39 is 0 Å². The molecule has 3 rings (SSSR count). The third-order valence-electron chi connectivity index (χ3n) is 4.04. The van der Waals surface area contributed by atoms with Crippen LogP contribution in [-0.2, 0) is 7.05 Å². The van der Waals surface area contributed by atoms with Crippen LogP contribution in [0.5, 0.6) is 0 Å². The van der Waals surface area contributed by atoms with Crippen molar-refractivity contribution >= 4 is 17.5 Å². The highest BCUT2D eigenvalue weighted by molar-refractivity contribution is 6.30. The summed E-state index contributed by atoms with van der Waals surface area (Å²) in [5.74, 6) is 0.518. The first-order valence-electron chi connectivity index (χ1n) is 7.28. The lowest BCUT2D eigenvalue weighted by atomic mass is 10.1. The van der Waals surface area contributed by atoms with Crippen LogP contribution in [0, 0.1) is 13.8 Å². The maximum absolute atomic E-state index is 12.8.